The van der Waals surface area contributed by atoms with Crippen LogP contribution in [0.2, 0.25) is 0 Å². The average Bonchev–Trinajstić information content (AvgIpc) is 3.00. The summed E-state index contributed by atoms with van der Waals surface area (Å²) < 4.78 is 0. The number of benzene rings is 1. The minimum Gasteiger partial charge on any atom is -0.330 e. The predicted octanol–water partition coefficient (Wildman–Crippen LogP) is 5.24. The minimum absolute atomic E-state index is 0. The number of carbonyl (C=O) groups is 1. The molecule has 0 spiro atoms. The number of carbonyl (C=O) groups excluding carboxylic acids is 1. The lowest BCUT2D eigenvalue weighted by Crippen LogP contribution is -2.50. The third-order valence-electron chi connectivity index (χ3n) is 5.25. The van der Waals surface area contributed by atoms with Gasteiger partial charge in [0.25, 0.3) is 0 Å². The summed E-state index contributed by atoms with van der Waals surface area (Å²) in [7, 11) is 0. The quantitative estimate of drug-likeness (QED) is 0.666. The lowest BCUT2D eigenvalue weighted by atomic mass is 9.96. The number of aryl methyl sites for hydroxylation is 1. The Balaban J connectivity index is 0.00000261. The van der Waals surface area contributed by atoms with Gasteiger partial charge in [-0.05, 0) is 38.3 Å². The SMILES string of the molecule is CCCN1C(=NC2CCCCC2)SCC1N(C(C)=O)c1ccc(C)cc1.Cl. The van der Waals surface area contributed by atoms with E-state index >= 15 is 0 Å². The summed E-state index contributed by atoms with van der Waals surface area (Å²) in [6, 6.07) is 8.74. The Morgan fingerprint density at radius 3 is 2.48 bits per heavy atom. The fourth-order valence-electron chi connectivity index (χ4n) is 3.90. The molecule has 27 heavy (non-hydrogen) atoms. The van der Waals surface area contributed by atoms with Gasteiger partial charge in [0.05, 0.1) is 6.04 Å². The van der Waals surface area contributed by atoms with E-state index < -0.39 is 0 Å². The second-order valence-corrected chi connectivity index (χ2v) is 8.40. The number of nitrogens with zero attached hydrogens (tertiary/aromatic N) is 3. The third kappa shape index (κ3) is 5.41. The number of aliphatic imine (C=N–C) groups is 1. The molecule has 1 saturated heterocycles. The number of amidine groups is 1. The Kier molecular flexibility index (Phi) is 8.49. The zero-order chi connectivity index (χ0) is 18.5. The molecule has 1 aromatic carbocycles. The topological polar surface area (TPSA) is 35.9 Å². The maximum Gasteiger partial charge on any atom is 0.225 e. The van der Waals surface area contributed by atoms with E-state index in [0.29, 0.717) is 6.04 Å². The molecule has 4 nitrogen and oxygen atoms in total. The number of amides is 1. The highest BCUT2D eigenvalue weighted by atomic mass is 35.5. The first-order valence-corrected chi connectivity index (χ1v) is 10.9. The zero-order valence-corrected chi connectivity index (χ0v) is 18.3. The Morgan fingerprint density at radius 1 is 1.22 bits per heavy atom. The highest BCUT2D eigenvalue weighted by molar-refractivity contribution is 8.14. The molecule has 1 heterocycles. The number of halogens is 1. The lowest BCUT2D eigenvalue weighted by Gasteiger charge is -2.35. The van der Waals surface area contributed by atoms with Gasteiger partial charge in [0.15, 0.2) is 5.17 Å². The van der Waals surface area contributed by atoms with Crippen molar-refractivity contribution in [1.29, 1.82) is 0 Å². The zero-order valence-electron chi connectivity index (χ0n) is 16.7. The summed E-state index contributed by atoms with van der Waals surface area (Å²) in [6.07, 6.45) is 7.48. The molecule has 0 N–H and O–H groups in total. The molecule has 0 aromatic heterocycles. The van der Waals surface area contributed by atoms with Crippen LogP contribution in [0.4, 0.5) is 5.69 Å². The highest BCUT2D eigenvalue weighted by Crippen LogP contribution is 2.32. The van der Waals surface area contributed by atoms with Crippen LogP contribution in [0.25, 0.3) is 0 Å². The van der Waals surface area contributed by atoms with Crippen molar-refractivity contribution in [2.24, 2.45) is 4.99 Å². The second kappa shape index (κ2) is 10.4. The van der Waals surface area contributed by atoms with Crippen molar-refractivity contribution < 1.29 is 4.79 Å². The summed E-state index contributed by atoms with van der Waals surface area (Å²) in [5, 5.41) is 1.14. The van der Waals surface area contributed by atoms with E-state index in [2.05, 4.69) is 43.0 Å². The smallest absolute Gasteiger partial charge is 0.225 e. The summed E-state index contributed by atoms with van der Waals surface area (Å²) in [5.41, 5.74) is 2.19. The van der Waals surface area contributed by atoms with Crippen molar-refractivity contribution in [3.63, 3.8) is 0 Å². The van der Waals surface area contributed by atoms with Crippen molar-refractivity contribution in [3.05, 3.63) is 29.8 Å². The predicted molar refractivity (Wildman–Crippen MR) is 119 cm³/mol. The fraction of sp³-hybridized carbons (Fsp3) is 0.619. The van der Waals surface area contributed by atoms with Crippen LogP contribution in [0.1, 0.15) is 57.9 Å². The van der Waals surface area contributed by atoms with E-state index in [-0.39, 0.29) is 24.5 Å². The number of hydrogen-bond acceptors (Lipinski definition) is 3. The Bertz CT molecular complexity index is 643. The Labute approximate surface area is 174 Å². The van der Waals surface area contributed by atoms with Gasteiger partial charge >= 0.3 is 0 Å². The van der Waals surface area contributed by atoms with Crippen LogP contribution >= 0.6 is 24.2 Å². The molecule has 0 bridgehead atoms. The first kappa shape index (κ1) is 22.1. The molecule has 150 valence electrons. The van der Waals surface area contributed by atoms with E-state index in [1.165, 1.54) is 37.7 Å². The number of thioether (sulfide) groups is 1. The molecule has 2 fully saturated rings. The molecular weight excluding hydrogens is 378 g/mol. The van der Waals surface area contributed by atoms with Gasteiger partial charge in [0, 0.05) is 24.9 Å². The van der Waals surface area contributed by atoms with Crippen LogP contribution in [0.5, 0.6) is 0 Å². The lowest BCUT2D eigenvalue weighted by molar-refractivity contribution is -0.117. The van der Waals surface area contributed by atoms with Crippen molar-refractivity contribution in [1.82, 2.24) is 4.90 Å². The van der Waals surface area contributed by atoms with Gasteiger partial charge < -0.3 is 4.90 Å². The first-order valence-electron chi connectivity index (χ1n) is 9.94. The molecule has 0 radical (unpaired) electrons. The molecule has 2 aliphatic rings. The average molecular weight is 410 g/mol. The molecule has 1 aliphatic carbocycles. The molecule has 1 atom stereocenters. The summed E-state index contributed by atoms with van der Waals surface area (Å²) >= 11 is 1.82. The molecule has 1 aromatic rings. The largest absolute Gasteiger partial charge is 0.330 e. The molecule has 1 saturated carbocycles. The first-order chi connectivity index (χ1) is 12.6. The van der Waals surface area contributed by atoms with E-state index in [0.717, 1.165) is 29.6 Å². The third-order valence-corrected chi connectivity index (χ3v) is 6.31. The van der Waals surface area contributed by atoms with Crippen molar-refractivity contribution in [2.75, 3.05) is 17.2 Å². The maximum atomic E-state index is 12.5. The van der Waals surface area contributed by atoms with Crippen molar-refractivity contribution in [2.45, 2.75) is 71.5 Å². The monoisotopic (exact) mass is 409 g/mol. The van der Waals surface area contributed by atoms with Crippen LogP contribution in [-0.4, -0.2) is 40.5 Å². The van der Waals surface area contributed by atoms with Crippen LogP contribution < -0.4 is 4.90 Å². The maximum absolute atomic E-state index is 12.5. The summed E-state index contributed by atoms with van der Waals surface area (Å²) in [5.74, 6) is 0.985. The summed E-state index contributed by atoms with van der Waals surface area (Å²) in [6.45, 7) is 6.89. The number of rotatable bonds is 5. The molecule has 1 aliphatic heterocycles. The highest BCUT2D eigenvalue weighted by Gasteiger charge is 2.36. The van der Waals surface area contributed by atoms with Gasteiger partial charge in [-0.3, -0.25) is 14.7 Å². The van der Waals surface area contributed by atoms with E-state index in [9.17, 15) is 4.79 Å². The molecule has 3 rings (SSSR count). The number of hydrogen-bond donors (Lipinski definition) is 0. The van der Waals surface area contributed by atoms with E-state index in [1.54, 1.807) is 6.92 Å². The molecule has 6 heteroatoms. The van der Waals surface area contributed by atoms with Crippen LogP contribution in [-0.2, 0) is 4.79 Å². The minimum atomic E-state index is 0. The number of anilines is 1. The normalized spacial score (nSPS) is 22.0. The van der Waals surface area contributed by atoms with Gasteiger partial charge in [-0.15, -0.1) is 12.4 Å². The van der Waals surface area contributed by atoms with Gasteiger partial charge in [0.2, 0.25) is 5.91 Å². The van der Waals surface area contributed by atoms with E-state index in [4.69, 9.17) is 4.99 Å². The van der Waals surface area contributed by atoms with Crippen LogP contribution in [0.15, 0.2) is 29.3 Å². The van der Waals surface area contributed by atoms with Crippen LogP contribution in [0, 0.1) is 6.92 Å². The second-order valence-electron chi connectivity index (χ2n) is 7.41. The van der Waals surface area contributed by atoms with Crippen molar-refractivity contribution >= 4 is 40.9 Å². The molecular formula is C21H32ClN3OS. The van der Waals surface area contributed by atoms with Crippen LogP contribution in [0.3, 0.4) is 0 Å². The van der Waals surface area contributed by atoms with Gasteiger partial charge in [-0.1, -0.05) is 55.6 Å². The Morgan fingerprint density at radius 2 is 1.89 bits per heavy atom. The van der Waals surface area contributed by atoms with Gasteiger partial charge in [-0.2, -0.15) is 0 Å². The van der Waals surface area contributed by atoms with Crippen molar-refractivity contribution in [3.8, 4) is 0 Å². The standard InChI is InChI=1S/C21H31N3OS.ClH/c1-4-14-23-20(15-26-21(23)22-18-8-6-5-7-9-18)24(17(3)25)19-12-10-16(2)11-13-19;/h10-13,18,20H,4-9,14-15H2,1-3H3;1H. The molecule has 1 unspecified atom stereocenters. The Hall–Kier alpha value is -1.20. The molecule has 1 amide bonds. The van der Waals surface area contributed by atoms with Gasteiger partial charge in [-0.25, -0.2) is 0 Å². The summed E-state index contributed by atoms with van der Waals surface area (Å²) in [4.78, 5) is 21.9. The van der Waals surface area contributed by atoms with Gasteiger partial charge in [0.1, 0.15) is 6.17 Å². The fourth-order valence-corrected chi connectivity index (χ4v) is 5.13. The van der Waals surface area contributed by atoms with E-state index in [1.807, 2.05) is 16.7 Å².